The largest absolute Gasteiger partial charge is 0.507 e. The van der Waals surface area contributed by atoms with E-state index in [2.05, 4.69) is 11.9 Å². The summed E-state index contributed by atoms with van der Waals surface area (Å²) in [5.41, 5.74) is 2.72. The molecule has 1 N–H and O–H groups in total. The van der Waals surface area contributed by atoms with Crippen molar-refractivity contribution < 1.29 is 24.2 Å². The molecule has 0 radical (unpaired) electrons. The van der Waals surface area contributed by atoms with E-state index >= 15 is 0 Å². The van der Waals surface area contributed by atoms with Crippen molar-refractivity contribution in [1.29, 1.82) is 0 Å². The first-order chi connectivity index (χ1) is 19.3. The predicted octanol–water partition coefficient (Wildman–Crippen LogP) is 7.08. The number of unbranched alkanes of at least 4 members (excludes halogenated alkanes) is 1. The van der Waals surface area contributed by atoms with Gasteiger partial charge in [0.2, 0.25) is 0 Å². The molecule has 2 atom stereocenters. The van der Waals surface area contributed by atoms with E-state index < -0.39 is 17.7 Å². The fourth-order valence-corrected chi connectivity index (χ4v) is 6.41. The summed E-state index contributed by atoms with van der Waals surface area (Å²) in [5.74, 6) is -0.309. The van der Waals surface area contributed by atoms with Crippen molar-refractivity contribution in [2.24, 2.45) is 0 Å². The van der Waals surface area contributed by atoms with Gasteiger partial charge in [-0.05, 0) is 73.0 Å². The van der Waals surface area contributed by atoms with Crippen LogP contribution in [0.5, 0.6) is 11.5 Å². The van der Waals surface area contributed by atoms with Gasteiger partial charge in [-0.3, -0.25) is 14.5 Å². The van der Waals surface area contributed by atoms with Gasteiger partial charge in [0.15, 0.2) is 5.13 Å². The van der Waals surface area contributed by atoms with Crippen LogP contribution in [0.1, 0.15) is 49.4 Å². The van der Waals surface area contributed by atoms with Crippen LogP contribution in [0, 0.1) is 0 Å². The lowest BCUT2D eigenvalue weighted by Gasteiger charge is -2.23. The zero-order chi connectivity index (χ0) is 28.0. The molecule has 3 aromatic carbocycles. The fraction of sp³-hybridized carbons (Fsp3) is 0.258. The molecule has 2 aliphatic rings. The van der Waals surface area contributed by atoms with Crippen LogP contribution in [0.3, 0.4) is 0 Å². The summed E-state index contributed by atoms with van der Waals surface area (Å²) in [5, 5.41) is 12.5. The maximum Gasteiger partial charge on any atom is 0.301 e. The Morgan fingerprint density at radius 3 is 2.73 bits per heavy atom. The van der Waals surface area contributed by atoms with E-state index in [4.69, 9.17) is 21.1 Å². The number of ketones is 1. The highest BCUT2D eigenvalue weighted by molar-refractivity contribution is 7.22. The molecule has 7 nitrogen and oxygen atoms in total. The van der Waals surface area contributed by atoms with E-state index in [1.165, 1.54) is 16.2 Å². The van der Waals surface area contributed by atoms with Crippen molar-refractivity contribution in [3.05, 3.63) is 87.9 Å². The molecule has 2 aliphatic heterocycles. The van der Waals surface area contributed by atoms with Crippen molar-refractivity contribution >= 4 is 55.7 Å². The monoisotopic (exact) mass is 574 g/mol. The number of benzene rings is 3. The number of carbonyl (C=O) groups excluding carboxylic acids is 2. The lowest BCUT2D eigenvalue weighted by Crippen LogP contribution is -2.29. The molecular weight excluding hydrogens is 548 g/mol. The number of hydrogen-bond donors (Lipinski definition) is 1. The zero-order valence-electron chi connectivity index (χ0n) is 22.0. The van der Waals surface area contributed by atoms with Crippen LogP contribution in [0.2, 0.25) is 5.02 Å². The van der Waals surface area contributed by atoms with E-state index in [0.29, 0.717) is 45.6 Å². The minimum atomic E-state index is -0.885. The highest BCUT2D eigenvalue weighted by Gasteiger charge is 2.48. The van der Waals surface area contributed by atoms with Gasteiger partial charge in [0.25, 0.3) is 5.78 Å². The number of nitrogens with zero attached hydrogens (tertiary/aromatic N) is 2. The highest BCUT2D eigenvalue weighted by atomic mass is 35.5. The number of hydrogen-bond acceptors (Lipinski definition) is 7. The summed E-state index contributed by atoms with van der Waals surface area (Å²) >= 11 is 7.46. The van der Waals surface area contributed by atoms with Gasteiger partial charge in [-0.15, -0.1) is 0 Å². The molecule has 2 unspecified atom stereocenters. The van der Waals surface area contributed by atoms with E-state index in [1.807, 2.05) is 37.3 Å². The Morgan fingerprint density at radius 2 is 1.95 bits per heavy atom. The van der Waals surface area contributed by atoms with E-state index in [0.717, 1.165) is 28.9 Å². The van der Waals surface area contributed by atoms with Gasteiger partial charge >= 0.3 is 5.91 Å². The molecule has 0 aliphatic carbocycles. The van der Waals surface area contributed by atoms with Crippen molar-refractivity contribution in [3.8, 4) is 11.5 Å². The van der Waals surface area contributed by atoms with Crippen LogP contribution >= 0.6 is 22.9 Å². The zero-order valence-corrected chi connectivity index (χ0v) is 23.6. The predicted molar refractivity (Wildman–Crippen MR) is 156 cm³/mol. The van der Waals surface area contributed by atoms with Gasteiger partial charge in [0, 0.05) is 17.0 Å². The number of anilines is 1. The Bertz CT molecular complexity index is 1660. The number of fused-ring (bicyclic) bond motifs is 2. The summed E-state index contributed by atoms with van der Waals surface area (Å²) < 4.78 is 12.4. The quantitative estimate of drug-likeness (QED) is 0.110. The summed E-state index contributed by atoms with van der Waals surface area (Å²) in [6, 6.07) is 17.0. The standard InChI is InChI=1S/C31H27ClN2O5S/c1-3-4-13-38-22-9-5-18(6-10-22)27-26(28(35)19-7-12-24-20(15-19)14-17(2)39-24)29(36)30(37)34(27)31-33-23-11-8-21(32)16-25(23)40-31/h5-12,15-17,27,35H,3-4,13-14H2,1-2H3. The molecule has 3 heterocycles. The average molecular weight is 575 g/mol. The van der Waals surface area contributed by atoms with Crippen molar-refractivity contribution in [2.75, 3.05) is 11.5 Å². The van der Waals surface area contributed by atoms with Gasteiger partial charge in [-0.2, -0.15) is 0 Å². The van der Waals surface area contributed by atoms with Crippen molar-refractivity contribution in [1.82, 2.24) is 4.98 Å². The first-order valence-electron chi connectivity index (χ1n) is 13.2. The normalized spacial score (nSPS) is 19.7. The number of aromatic nitrogens is 1. The number of Topliss-reactive ketones (excluding diaryl/α,β-unsaturated/α-hetero) is 1. The molecule has 1 aromatic heterocycles. The van der Waals surface area contributed by atoms with Crippen LogP contribution in [-0.2, 0) is 16.0 Å². The lowest BCUT2D eigenvalue weighted by molar-refractivity contribution is -0.132. The smallest absolute Gasteiger partial charge is 0.301 e. The first-order valence-corrected chi connectivity index (χ1v) is 14.4. The topological polar surface area (TPSA) is 89.0 Å². The Morgan fingerprint density at radius 1 is 1.15 bits per heavy atom. The number of halogens is 1. The molecule has 0 saturated carbocycles. The van der Waals surface area contributed by atoms with Crippen LogP contribution in [0.15, 0.2) is 66.2 Å². The van der Waals surface area contributed by atoms with E-state index in [1.54, 1.807) is 30.3 Å². The Hall–Kier alpha value is -3.88. The molecule has 1 amide bonds. The highest BCUT2D eigenvalue weighted by Crippen LogP contribution is 2.45. The second-order valence-electron chi connectivity index (χ2n) is 10.0. The third kappa shape index (κ3) is 4.71. The minimum absolute atomic E-state index is 0.00820. The number of amides is 1. The maximum absolute atomic E-state index is 13.6. The molecule has 1 fully saturated rings. The molecule has 6 rings (SSSR count). The number of ether oxygens (including phenoxy) is 2. The number of aliphatic hydroxyl groups excluding tert-OH is 1. The summed E-state index contributed by atoms with van der Waals surface area (Å²) in [6.45, 7) is 4.68. The molecular formula is C31H27ClN2O5S. The SMILES string of the molecule is CCCCOc1ccc(C2C(=C(O)c3ccc4c(c3)CC(C)O4)C(=O)C(=O)N2c2nc3ccc(Cl)cc3s2)cc1. The van der Waals surface area contributed by atoms with Gasteiger partial charge in [0.05, 0.1) is 28.4 Å². The van der Waals surface area contributed by atoms with Gasteiger partial charge < -0.3 is 14.6 Å². The summed E-state index contributed by atoms with van der Waals surface area (Å²) in [4.78, 5) is 33.2. The van der Waals surface area contributed by atoms with Gasteiger partial charge in [0.1, 0.15) is 23.4 Å². The third-order valence-corrected chi connectivity index (χ3v) is 8.37. The van der Waals surface area contributed by atoms with Crippen molar-refractivity contribution in [3.63, 3.8) is 0 Å². The average Bonchev–Trinajstić information content (AvgIpc) is 3.60. The van der Waals surface area contributed by atoms with Gasteiger partial charge in [-0.25, -0.2) is 4.98 Å². The summed E-state index contributed by atoms with van der Waals surface area (Å²) in [6.07, 6.45) is 2.69. The van der Waals surface area contributed by atoms with Crippen LogP contribution in [0.25, 0.3) is 16.0 Å². The number of thiazole rings is 1. The van der Waals surface area contributed by atoms with Crippen LogP contribution in [-0.4, -0.2) is 34.5 Å². The molecule has 4 aromatic rings. The Balaban J connectivity index is 1.47. The molecule has 204 valence electrons. The molecule has 40 heavy (non-hydrogen) atoms. The molecule has 1 saturated heterocycles. The van der Waals surface area contributed by atoms with E-state index in [9.17, 15) is 14.7 Å². The minimum Gasteiger partial charge on any atom is -0.507 e. The molecule has 9 heteroatoms. The third-order valence-electron chi connectivity index (χ3n) is 7.12. The van der Waals surface area contributed by atoms with Gasteiger partial charge in [-0.1, -0.05) is 48.4 Å². The number of carbonyl (C=O) groups is 2. The maximum atomic E-state index is 13.6. The first kappa shape index (κ1) is 26.3. The summed E-state index contributed by atoms with van der Waals surface area (Å²) in [7, 11) is 0. The lowest BCUT2D eigenvalue weighted by atomic mass is 9.94. The number of aliphatic hydroxyl groups is 1. The second-order valence-corrected chi connectivity index (χ2v) is 11.4. The molecule has 0 bridgehead atoms. The number of rotatable bonds is 7. The second kappa shape index (κ2) is 10.6. The van der Waals surface area contributed by atoms with Crippen LogP contribution in [0.4, 0.5) is 5.13 Å². The Kier molecular flexibility index (Phi) is 6.98. The van der Waals surface area contributed by atoms with Crippen LogP contribution < -0.4 is 14.4 Å². The van der Waals surface area contributed by atoms with Crippen molar-refractivity contribution in [2.45, 2.75) is 45.3 Å². The molecule has 0 spiro atoms. The Labute approximate surface area is 240 Å². The fourth-order valence-electron chi connectivity index (χ4n) is 5.14. The van der Waals surface area contributed by atoms with E-state index in [-0.39, 0.29) is 17.4 Å².